The van der Waals surface area contributed by atoms with Crippen molar-refractivity contribution < 1.29 is 34.4 Å². The molecule has 3 aliphatic rings. The minimum Gasteiger partial charge on any atom is -0.477 e. The van der Waals surface area contributed by atoms with E-state index in [9.17, 15) is 19.8 Å². The summed E-state index contributed by atoms with van der Waals surface area (Å²) in [7, 11) is 0. The van der Waals surface area contributed by atoms with Crippen LogP contribution in [0.25, 0.3) is 0 Å². The number of aromatic carboxylic acids is 1. The number of carbonyl (C=O) groups is 2. The van der Waals surface area contributed by atoms with Gasteiger partial charge in [0.2, 0.25) is 5.91 Å². The molecule has 1 amide bonds. The van der Waals surface area contributed by atoms with E-state index in [4.69, 9.17) is 14.6 Å². The predicted octanol–water partition coefficient (Wildman–Crippen LogP) is 5.40. The molecule has 9 heteroatoms. The van der Waals surface area contributed by atoms with E-state index in [0.717, 1.165) is 30.6 Å². The summed E-state index contributed by atoms with van der Waals surface area (Å²) in [5.74, 6) is 5.05. The second kappa shape index (κ2) is 14.8. The number of rotatable bonds is 7. The summed E-state index contributed by atoms with van der Waals surface area (Å²) in [6, 6.07) is 1.58. The first kappa shape index (κ1) is 33.3. The Bertz CT molecular complexity index is 1130. The minimum atomic E-state index is -1.05. The summed E-state index contributed by atoms with van der Waals surface area (Å²) < 4.78 is 11.3. The van der Waals surface area contributed by atoms with E-state index in [0.29, 0.717) is 55.9 Å². The van der Waals surface area contributed by atoms with Crippen LogP contribution < -0.4 is 4.90 Å². The number of aliphatic hydroxyl groups is 2. The lowest BCUT2D eigenvalue weighted by atomic mass is 9.81. The van der Waals surface area contributed by atoms with E-state index < -0.39 is 11.6 Å². The molecule has 0 bridgehead atoms. The summed E-state index contributed by atoms with van der Waals surface area (Å²) in [4.78, 5) is 28.9. The highest BCUT2D eigenvalue weighted by molar-refractivity contribution is 7.15. The zero-order valence-electron chi connectivity index (χ0n) is 25.2. The number of carbonyl (C=O) groups excluding carboxylic acids is 1. The average Bonchev–Trinajstić information content (AvgIpc) is 3.59. The molecule has 0 radical (unpaired) electrons. The largest absolute Gasteiger partial charge is 0.477 e. The first-order valence-electron chi connectivity index (χ1n) is 14.8. The number of allylic oxidation sites excluding steroid dienone is 2. The molecule has 1 aromatic heterocycles. The molecule has 41 heavy (non-hydrogen) atoms. The second-order valence-electron chi connectivity index (χ2n) is 12.4. The molecule has 0 unspecified atom stereocenters. The fourth-order valence-corrected chi connectivity index (χ4v) is 6.21. The van der Waals surface area contributed by atoms with E-state index in [-0.39, 0.29) is 47.5 Å². The van der Waals surface area contributed by atoms with Crippen LogP contribution >= 0.6 is 11.3 Å². The number of hydrogen-bond donors (Lipinski definition) is 3. The van der Waals surface area contributed by atoms with Gasteiger partial charge in [-0.1, -0.05) is 23.5 Å². The van der Waals surface area contributed by atoms with Gasteiger partial charge in [0.1, 0.15) is 4.88 Å². The quantitative estimate of drug-likeness (QED) is 0.288. The number of carboxylic acids is 1. The smallest absolute Gasteiger partial charge is 0.348 e. The maximum absolute atomic E-state index is 14.0. The van der Waals surface area contributed by atoms with Crippen molar-refractivity contribution in [3.63, 3.8) is 0 Å². The van der Waals surface area contributed by atoms with Gasteiger partial charge in [0.25, 0.3) is 0 Å². The van der Waals surface area contributed by atoms with Crippen molar-refractivity contribution in [2.45, 2.75) is 104 Å². The molecular formula is C32H47NO7S. The van der Waals surface area contributed by atoms with E-state index in [2.05, 4.69) is 24.8 Å². The zero-order chi connectivity index (χ0) is 30.2. The summed E-state index contributed by atoms with van der Waals surface area (Å²) in [5, 5.41) is 28.9. The lowest BCUT2D eigenvalue weighted by Crippen LogP contribution is -2.50. The number of hydrogen-bond acceptors (Lipinski definition) is 7. The number of ether oxygens (including phenoxy) is 2. The van der Waals surface area contributed by atoms with Crippen molar-refractivity contribution in [1.29, 1.82) is 0 Å². The first-order valence-corrected chi connectivity index (χ1v) is 15.6. The zero-order valence-corrected chi connectivity index (χ0v) is 26.0. The number of amides is 1. The van der Waals surface area contributed by atoms with Crippen LogP contribution in [-0.2, 0) is 14.3 Å². The van der Waals surface area contributed by atoms with Gasteiger partial charge in [-0.3, -0.25) is 4.79 Å². The molecule has 1 saturated carbocycles. The van der Waals surface area contributed by atoms with E-state index >= 15 is 0 Å². The number of nitrogens with zero attached hydrogens (tertiary/aromatic N) is 1. The van der Waals surface area contributed by atoms with Crippen molar-refractivity contribution in [3.8, 4) is 11.8 Å². The van der Waals surface area contributed by atoms with Gasteiger partial charge in [-0.15, -0.1) is 11.3 Å². The molecule has 2 aliphatic carbocycles. The van der Waals surface area contributed by atoms with Gasteiger partial charge < -0.3 is 29.7 Å². The molecule has 2 heterocycles. The van der Waals surface area contributed by atoms with Crippen LogP contribution in [0.4, 0.5) is 5.69 Å². The number of anilines is 1. The van der Waals surface area contributed by atoms with Gasteiger partial charge in [0, 0.05) is 30.6 Å². The monoisotopic (exact) mass is 589 g/mol. The fraction of sp³-hybridized carbons (Fsp3) is 0.688. The van der Waals surface area contributed by atoms with Crippen LogP contribution in [0.3, 0.4) is 0 Å². The van der Waals surface area contributed by atoms with Crippen LogP contribution in [0.1, 0.15) is 101 Å². The minimum absolute atomic E-state index is 0.0224. The Kier molecular flexibility index (Phi) is 12.0. The fourth-order valence-electron chi connectivity index (χ4n) is 5.37. The summed E-state index contributed by atoms with van der Waals surface area (Å²) in [6.07, 6.45) is 7.41. The molecule has 0 aromatic carbocycles. The normalized spacial score (nSPS) is 26.2. The predicted molar refractivity (Wildman–Crippen MR) is 161 cm³/mol. The number of carboxylic acid groups (broad SMARTS) is 1. The maximum Gasteiger partial charge on any atom is 0.348 e. The molecular weight excluding hydrogens is 542 g/mol. The number of thiophene rings is 1. The Hall–Kier alpha value is -2.22. The third-order valence-electron chi connectivity index (χ3n) is 7.68. The Labute approximate surface area is 248 Å². The van der Waals surface area contributed by atoms with Crippen LogP contribution in [0, 0.1) is 23.2 Å². The van der Waals surface area contributed by atoms with Crippen molar-refractivity contribution in [2.75, 3.05) is 31.3 Å². The maximum atomic E-state index is 14.0. The van der Waals surface area contributed by atoms with Gasteiger partial charge in [0.05, 0.1) is 35.5 Å². The first-order chi connectivity index (χ1) is 19.4. The molecule has 2 fully saturated rings. The van der Waals surface area contributed by atoms with Crippen molar-refractivity contribution in [1.82, 2.24) is 0 Å². The van der Waals surface area contributed by atoms with Gasteiger partial charge in [-0.05, 0) is 92.1 Å². The molecule has 4 rings (SSSR count). The van der Waals surface area contributed by atoms with E-state index in [1.165, 1.54) is 5.57 Å². The summed E-state index contributed by atoms with van der Waals surface area (Å²) in [6.45, 7) is 11.5. The average molecular weight is 590 g/mol. The highest BCUT2D eigenvalue weighted by Crippen LogP contribution is 2.40. The molecule has 2 atom stereocenters. The van der Waals surface area contributed by atoms with E-state index in [1.54, 1.807) is 17.9 Å². The topological polar surface area (TPSA) is 117 Å². The van der Waals surface area contributed by atoms with Gasteiger partial charge in [-0.25, -0.2) is 4.79 Å². The SMILES string of the molecule is CC1=CC[C@H](C(=O)N(c2cc(C#CC(C)(C)C)sc2C(=O)O)[C@H]2CC[C@@](O)(CO[C@H]3CCOC3)CC2)CC1.CCO. The highest BCUT2D eigenvalue weighted by Gasteiger charge is 2.41. The lowest BCUT2D eigenvalue weighted by molar-refractivity contribution is -0.124. The molecule has 3 N–H and O–H groups in total. The summed E-state index contributed by atoms with van der Waals surface area (Å²) in [5.41, 5.74) is 0.548. The van der Waals surface area contributed by atoms with Gasteiger partial charge in [0.15, 0.2) is 0 Å². The van der Waals surface area contributed by atoms with Crippen LogP contribution in [-0.4, -0.2) is 71.4 Å². The van der Waals surface area contributed by atoms with Crippen molar-refractivity contribution in [2.24, 2.45) is 11.3 Å². The van der Waals surface area contributed by atoms with Gasteiger partial charge >= 0.3 is 5.97 Å². The Balaban J connectivity index is 0.00000147. The molecule has 1 aromatic rings. The molecule has 8 nitrogen and oxygen atoms in total. The van der Waals surface area contributed by atoms with E-state index in [1.807, 2.05) is 20.8 Å². The van der Waals surface area contributed by atoms with Crippen molar-refractivity contribution in [3.05, 3.63) is 27.5 Å². The highest BCUT2D eigenvalue weighted by atomic mass is 32.1. The molecule has 1 saturated heterocycles. The molecule has 1 aliphatic heterocycles. The standard InChI is InChI=1S/C30H41NO6S.C2H6O/c1-20-5-7-21(8-6-20)27(32)31(25-17-24(11-13-29(2,3)4)38-26(25)28(33)34)22-9-14-30(35,15-10-22)19-37-23-12-16-36-18-23;1-2-3/h5,17,21-23,35H,6-10,12,14-16,18-19H2,1-4H3,(H,33,34);3H,2H2,1H3/t21-,22-,23-,30-;/m0./s1. The van der Waals surface area contributed by atoms with Crippen LogP contribution in [0.5, 0.6) is 0 Å². The number of aliphatic hydroxyl groups excluding tert-OH is 1. The molecule has 0 spiro atoms. The van der Waals surface area contributed by atoms with Crippen molar-refractivity contribution >= 4 is 28.9 Å². The Morgan fingerprint density at radius 3 is 2.44 bits per heavy atom. The second-order valence-corrected chi connectivity index (χ2v) is 13.5. The van der Waals surface area contributed by atoms with Crippen LogP contribution in [0.2, 0.25) is 0 Å². The summed E-state index contributed by atoms with van der Waals surface area (Å²) >= 11 is 1.13. The Morgan fingerprint density at radius 2 is 1.90 bits per heavy atom. The third-order valence-corrected chi connectivity index (χ3v) is 8.71. The van der Waals surface area contributed by atoms with Gasteiger partial charge in [-0.2, -0.15) is 0 Å². The third kappa shape index (κ3) is 9.65. The lowest BCUT2D eigenvalue weighted by Gasteiger charge is -2.42. The Morgan fingerprint density at radius 1 is 1.22 bits per heavy atom. The molecule has 228 valence electrons. The van der Waals surface area contributed by atoms with Crippen LogP contribution in [0.15, 0.2) is 17.7 Å².